The summed E-state index contributed by atoms with van der Waals surface area (Å²) in [6.45, 7) is 5.54. The molecule has 1 spiro atoms. The number of nitrogens with zero attached hydrogens (tertiary/aromatic N) is 2. The highest BCUT2D eigenvalue weighted by Gasteiger charge is 2.39. The average molecular weight is 527 g/mol. The molecule has 1 aromatic rings. The van der Waals surface area contributed by atoms with Gasteiger partial charge >= 0.3 is 0 Å². The second-order valence-electron chi connectivity index (χ2n) is 8.25. The number of rotatable bonds is 6. The second-order valence-corrected chi connectivity index (χ2v) is 8.25. The number of hydrogen-bond acceptors (Lipinski definition) is 3. The van der Waals surface area contributed by atoms with Crippen molar-refractivity contribution in [3.8, 4) is 0 Å². The number of nitrogens with two attached hydrogens (primary N) is 1. The molecule has 3 rings (SSSR count). The largest absolute Gasteiger partial charge is 0.368 e. The molecule has 0 bridgehead atoms. The summed E-state index contributed by atoms with van der Waals surface area (Å²) in [5, 5.41) is 5.93. The summed E-state index contributed by atoms with van der Waals surface area (Å²) in [4.78, 5) is 30.0. The Bertz CT molecular complexity index is 744. The first-order valence-electron chi connectivity index (χ1n) is 10.7. The molecule has 0 radical (unpaired) electrons. The van der Waals surface area contributed by atoms with Crippen LogP contribution in [0.25, 0.3) is 0 Å². The van der Waals surface area contributed by atoms with E-state index in [1.165, 1.54) is 38.5 Å². The maximum atomic E-state index is 12.0. The topological polar surface area (TPSA) is 99.8 Å². The predicted molar refractivity (Wildman–Crippen MR) is 130 cm³/mol. The van der Waals surface area contributed by atoms with E-state index < -0.39 is 5.91 Å². The van der Waals surface area contributed by atoms with Crippen LogP contribution in [0, 0.1) is 5.41 Å². The van der Waals surface area contributed by atoms with E-state index in [9.17, 15) is 9.59 Å². The van der Waals surface area contributed by atoms with Crippen LogP contribution in [0.4, 0.5) is 0 Å². The van der Waals surface area contributed by atoms with Crippen LogP contribution in [0.15, 0.2) is 29.3 Å². The van der Waals surface area contributed by atoms with E-state index in [1.807, 2.05) is 12.1 Å². The van der Waals surface area contributed by atoms with Crippen LogP contribution < -0.4 is 16.4 Å². The van der Waals surface area contributed by atoms with Gasteiger partial charge < -0.3 is 21.3 Å². The van der Waals surface area contributed by atoms with Crippen molar-refractivity contribution in [1.29, 1.82) is 0 Å². The predicted octanol–water partition coefficient (Wildman–Crippen LogP) is 2.64. The van der Waals surface area contributed by atoms with Gasteiger partial charge in [0.2, 0.25) is 5.91 Å². The number of guanidine groups is 1. The minimum atomic E-state index is -0.558. The quantitative estimate of drug-likeness (QED) is 0.301. The molecule has 1 saturated carbocycles. The zero-order valence-electron chi connectivity index (χ0n) is 17.8. The summed E-state index contributed by atoms with van der Waals surface area (Å²) < 4.78 is 0. The molecule has 2 fully saturated rings. The minimum Gasteiger partial charge on any atom is -0.368 e. The van der Waals surface area contributed by atoms with E-state index in [2.05, 4.69) is 22.5 Å². The summed E-state index contributed by atoms with van der Waals surface area (Å²) in [7, 11) is 0. The molecular formula is C22H34IN5O2. The highest BCUT2D eigenvalue weighted by Crippen LogP contribution is 2.43. The molecule has 1 aliphatic carbocycles. The van der Waals surface area contributed by atoms with E-state index in [4.69, 9.17) is 10.7 Å². The van der Waals surface area contributed by atoms with Crippen molar-refractivity contribution >= 4 is 41.8 Å². The van der Waals surface area contributed by atoms with Gasteiger partial charge in [-0.1, -0.05) is 31.4 Å². The van der Waals surface area contributed by atoms with Gasteiger partial charge in [0, 0.05) is 25.2 Å². The van der Waals surface area contributed by atoms with Gasteiger partial charge in [-0.3, -0.25) is 9.59 Å². The highest BCUT2D eigenvalue weighted by atomic mass is 127. The van der Waals surface area contributed by atoms with Gasteiger partial charge in [0.15, 0.2) is 5.96 Å². The summed E-state index contributed by atoms with van der Waals surface area (Å²) >= 11 is 0. The van der Waals surface area contributed by atoms with Gasteiger partial charge in [-0.15, -0.1) is 24.0 Å². The van der Waals surface area contributed by atoms with E-state index in [0.29, 0.717) is 17.5 Å². The number of hydrogen-bond donors (Lipinski definition) is 3. The first kappa shape index (κ1) is 24.4. The lowest BCUT2D eigenvalue weighted by Gasteiger charge is -2.33. The van der Waals surface area contributed by atoms with Crippen LogP contribution in [-0.2, 0) is 11.3 Å². The summed E-state index contributed by atoms with van der Waals surface area (Å²) in [6.07, 6.45) is 8.07. The fourth-order valence-corrected chi connectivity index (χ4v) is 4.45. The third-order valence-corrected chi connectivity index (χ3v) is 6.04. The fraction of sp³-hybridized carbons (Fsp3) is 0.591. The van der Waals surface area contributed by atoms with Crippen molar-refractivity contribution in [2.75, 3.05) is 26.2 Å². The molecular weight excluding hydrogens is 493 g/mol. The summed E-state index contributed by atoms with van der Waals surface area (Å²) in [5.41, 5.74) is 7.09. The lowest BCUT2D eigenvalue weighted by atomic mass is 9.73. The Labute approximate surface area is 196 Å². The zero-order valence-corrected chi connectivity index (χ0v) is 20.1. The second kappa shape index (κ2) is 11.5. The first-order chi connectivity index (χ1) is 14.0. The molecule has 7 nitrogen and oxygen atoms in total. The third-order valence-electron chi connectivity index (χ3n) is 6.04. The van der Waals surface area contributed by atoms with Crippen LogP contribution in [0.1, 0.15) is 61.4 Å². The monoisotopic (exact) mass is 527 g/mol. The van der Waals surface area contributed by atoms with Gasteiger partial charge in [0.05, 0.1) is 13.1 Å². The molecule has 30 heavy (non-hydrogen) atoms. The lowest BCUT2D eigenvalue weighted by molar-refractivity contribution is -0.117. The smallest absolute Gasteiger partial charge is 0.251 e. The maximum Gasteiger partial charge on any atom is 0.251 e. The number of primary amides is 1. The van der Waals surface area contributed by atoms with Crippen LogP contribution in [0.5, 0.6) is 0 Å². The maximum absolute atomic E-state index is 12.0. The van der Waals surface area contributed by atoms with E-state index in [0.717, 1.165) is 31.2 Å². The minimum absolute atomic E-state index is 0. The number of likely N-dealkylation sites (tertiary alicyclic amines) is 1. The van der Waals surface area contributed by atoms with Crippen molar-refractivity contribution in [2.24, 2.45) is 16.1 Å². The highest BCUT2D eigenvalue weighted by molar-refractivity contribution is 14.0. The molecule has 2 aliphatic rings. The molecule has 1 saturated heterocycles. The summed E-state index contributed by atoms with van der Waals surface area (Å²) in [5.74, 6) is 0.123. The molecule has 0 aromatic heterocycles. The number of carbonyl (C=O) groups excluding carboxylic acids is 2. The van der Waals surface area contributed by atoms with Crippen LogP contribution >= 0.6 is 24.0 Å². The van der Waals surface area contributed by atoms with Gasteiger partial charge in [-0.25, -0.2) is 4.99 Å². The fourth-order valence-electron chi connectivity index (χ4n) is 4.45. The lowest BCUT2D eigenvalue weighted by Crippen LogP contribution is -2.41. The number of benzene rings is 1. The van der Waals surface area contributed by atoms with Crippen molar-refractivity contribution in [2.45, 2.75) is 52.0 Å². The van der Waals surface area contributed by atoms with Crippen molar-refractivity contribution in [1.82, 2.24) is 15.5 Å². The Morgan fingerprint density at radius 3 is 2.43 bits per heavy atom. The molecule has 8 heteroatoms. The normalized spacial score (nSPS) is 18.0. The number of halogens is 1. The number of nitrogens with one attached hydrogen (secondary N) is 2. The Balaban J connectivity index is 0.00000320. The van der Waals surface area contributed by atoms with Crippen LogP contribution in [0.2, 0.25) is 0 Å². The van der Waals surface area contributed by atoms with Gasteiger partial charge in [-0.2, -0.15) is 0 Å². The number of aliphatic imine (C=N–C) groups is 1. The van der Waals surface area contributed by atoms with E-state index in [1.54, 1.807) is 12.1 Å². The molecule has 1 aliphatic heterocycles. The molecule has 0 atom stereocenters. The molecule has 4 N–H and O–H groups in total. The molecule has 1 aromatic carbocycles. The van der Waals surface area contributed by atoms with E-state index >= 15 is 0 Å². The van der Waals surface area contributed by atoms with Gasteiger partial charge in [-0.05, 0) is 49.3 Å². The van der Waals surface area contributed by atoms with Gasteiger partial charge in [0.1, 0.15) is 0 Å². The number of carbonyl (C=O) groups is 2. The Morgan fingerprint density at radius 2 is 1.80 bits per heavy atom. The molecule has 0 unspecified atom stereocenters. The van der Waals surface area contributed by atoms with Crippen LogP contribution in [-0.4, -0.2) is 48.9 Å². The molecule has 1 heterocycles. The van der Waals surface area contributed by atoms with Crippen LogP contribution in [0.3, 0.4) is 0 Å². The van der Waals surface area contributed by atoms with E-state index in [-0.39, 0.29) is 36.4 Å². The Hall–Kier alpha value is -1.84. The van der Waals surface area contributed by atoms with Gasteiger partial charge in [0.25, 0.3) is 5.91 Å². The average Bonchev–Trinajstić information content (AvgIpc) is 3.13. The van der Waals surface area contributed by atoms with Crippen molar-refractivity contribution in [3.63, 3.8) is 0 Å². The Kier molecular flexibility index (Phi) is 9.38. The Morgan fingerprint density at radius 1 is 1.10 bits per heavy atom. The van der Waals surface area contributed by atoms with Crippen molar-refractivity contribution < 1.29 is 9.59 Å². The first-order valence-corrected chi connectivity index (χ1v) is 10.7. The molecule has 2 amide bonds. The zero-order chi connectivity index (χ0) is 20.7. The third kappa shape index (κ3) is 6.58. The standard InChI is InChI=1S/C22H33N5O2.HI/c1-2-24-21(27-13-12-22(16-27)10-4-3-5-11-22)26-14-17-6-8-18(9-7-17)20(29)25-15-19(23)28;/h6-9H,2-5,10-16H2,1H3,(H2,23,28)(H,24,26)(H,25,29);1H. The SMILES string of the molecule is CCNC(=NCc1ccc(C(=O)NCC(N)=O)cc1)N1CCC2(CCCCC2)C1.I. The molecule has 166 valence electrons. The number of amides is 2. The van der Waals surface area contributed by atoms with Crippen molar-refractivity contribution in [3.05, 3.63) is 35.4 Å². The summed E-state index contributed by atoms with van der Waals surface area (Å²) in [6, 6.07) is 7.31.